The predicted molar refractivity (Wildman–Crippen MR) is 107 cm³/mol. The number of urea groups is 1. The lowest BCUT2D eigenvalue weighted by atomic mass is 9.91. The zero-order valence-corrected chi connectivity index (χ0v) is 16.2. The molecule has 1 fully saturated rings. The molecule has 3 amide bonds. The first kappa shape index (κ1) is 17.8. The number of fused-ring (bicyclic) bond motifs is 1. The SMILES string of the molecule is CC(C)(C)CC(=O)N1CC2(Cc3ccccc3C2)N(c2ccccc2)C1=O. The van der Waals surface area contributed by atoms with E-state index in [1.165, 1.54) is 16.0 Å². The summed E-state index contributed by atoms with van der Waals surface area (Å²) in [5.41, 5.74) is 2.87. The van der Waals surface area contributed by atoms with E-state index >= 15 is 0 Å². The Morgan fingerprint density at radius 3 is 2.07 bits per heavy atom. The van der Waals surface area contributed by atoms with E-state index in [0.29, 0.717) is 13.0 Å². The van der Waals surface area contributed by atoms with Crippen molar-refractivity contribution in [2.45, 2.75) is 45.6 Å². The summed E-state index contributed by atoms with van der Waals surface area (Å²) >= 11 is 0. The Kier molecular flexibility index (Phi) is 4.10. The van der Waals surface area contributed by atoms with Gasteiger partial charge in [0.15, 0.2) is 0 Å². The number of amides is 3. The summed E-state index contributed by atoms with van der Waals surface area (Å²) in [6.07, 6.45) is 1.93. The van der Waals surface area contributed by atoms with Crippen molar-refractivity contribution in [3.63, 3.8) is 0 Å². The molecule has 1 aliphatic heterocycles. The number of nitrogens with zero attached hydrogens (tertiary/aromatic N) is 2. The van der Waals surface area contributed by atoms with Crippen molar-refractivity contribution in [3.05, 3.63) is 65.7 Å². The molecule has 0 bridgehead atoms. The van der Waals surface area contributed by atoms with Crippen molar-refractivity contribution in [1.82, 2.24) is 4.90 Å². The third-order valence-electron chi connectivity index (χ3n) is 5.50. The van der Waals surface area contributed by atoms with Gasteiger partial charge < -0.3 is 0 Å². The lowest BCUT2D eigenvalue weighted by Crippen LogP contribution is -2.48. The minimum absolute atomic E-state index is 0.0822. The third kappa shape index (κ3) is 3.14. The molecule has 0 aromatic heterocycles. The Morgan fingerprint density at radius 2 is 1.52 bits per heavy atom. The summed E-state index contributed by atoms with van der Waals surface area (Å²) in [6.45, 7) is 6.54. The van der Waals surface area contributed by atoms with E-state index in [2.05, 4.69) is 12.1 Å². The van der Waals surface area contributed by atoms with Crippen molar-refractivity contribution in [2.75, 3.05) is 11.4 Å². The van der Waals surface area contributed by atoms with E-state index in [9.17, 15) is 9.59 Å². The van der Waals surface area contributed by atoms with Gasteiger partial charge in [-0.2, -0.15) is 0 Å². The van der Waals surface area contributed by atoms with Crippen LogP contribution in [0.4, 0.5) is 10.5 Å². The molecule has 0 atom stereocenters. The highest BCUT2D eigenvalue weighted by molar-refractivity contribution is 6.06. The van der Waals surface area contributed by atoms with Gasteiger partial charge >= 0.3 is 6.03 Å². The molecule has 2 aromatic carbocycles. The second-order valence-corrected chi connectivity index (χ2v) is 9.02. The van der Waals surface area contributed by atoms with Crippen LogP contribution in [0.3, 0.4) is 0 Å². The normalized spacial score (nSPS) is 18.3. The van der Waals surface area contributed by atoms with Crippen molar-refractivity contribution in [1.29, 1.82) is 0 Å². The molecule has 4 heteroatoms. The number of carbonyl (C=O) groups excluding carboxylic acids is 2. The number of para-hydroxylation sites is 1. The van der Waals surface area contributed by atoms with Crippen molar-refractivity contribution < 1.29 is 9.59 Å². The smallest absolute Gasteiger partial charge is 0.285 e. The molecular formula is C23H26N2O2. The average molecular weight is 362 g/mol. The summed E-state index contributed by atoms with van der Waals surface area (Å²) in [5.74, 6) is -0.0822. The van der Waals surface area contributed by atoms with Gasteiger partial charge in [0.05, 0.1) is 12.1 Å². The number of carbonyl (C=O) groups is 2. The summed E-state index contributed by atoms with van der Waals surface area (Å²) in [4.78, 5) is 29.7. The van der Waals surface area contributed by atoms with Crippen LogP contribution in [0.1, 0.15) is 38.3 Å². The number of benzene rings is 2. The van der Waals surface area contributed by atoms with Gasteiger partial charge in [-0.25, -0.2) is 4.79 Å². The zero-order chi connectivity index (χ0) is 19.2. The number of hydrogen-bond acceptors (Lipinski definition) is 2. The van der Waals surface area contributed by atoms with Gasteiger partial charge in [-0.15, -0.1) is 0 Å². The summed E-state index contributed by atoms with van der Waals surface area (Å²) in [5, 5.41) is 0. The van der Waals surface area contributed by atoms with Gasteiger partial charge in [0.25, 0.3) is 0 Å². The summed E-state index contributed by atoms with van der Waals surface area (Å²) in [7, 11) is 0. The fourth-order valence-electron chi connectivity index (χ4n) is 4.41. The molecule has 2 aromatic rings. The average Bonchev–Trinajstić information content (AvgIpc) is 3.11. The molecule has 0 N–H and O–H groups in total. The highest BCUT2D eigenvalue weighted by Crippen LogP contribution is 2.42. The van der Waals surface area contributed by atoms with E-state index in [1.807, 2.05) is 68.1 Å². The van der Waals surface area contributed by atoms with Crippen LogP contribution in [0.25, 0.3) is 0 Å². The van der Waals surface area contributed by atoms with Crippen LogP contribution >= 0.6 is 0 Å². The lowest BCUT2D eigenvalue weighted by Gasteiger charge is -2.33. The van der Waals surface area contributed by atoms with Crippen LogP contribution in [0.5, 0.6) is 0 Å². The number of anilines is 1. The fraction of sp³-hybridized carbons (Fsp3) is 0.391. The Morgan fingerprint density at radius 1 is 0.963 bits per heavy atom. The Balaban J connectivity index is 1.73. The third-order valence-corrected chi connectivity index (χ3v) is 5.50. The van der Waals surface area contributed by atoms with Crippen LogP contribution in [0.2, 0.25) is 0 Å². The second-order valence-electron chi connectivity index (χ2n) is 9.02. The van der Waals surface area contributed by atoms with Gasteiger partial charge in [0, 0.05) is 12.1 Å². The quantitative estimate of drug-likeness (QED) is 0.793. The van der Waals surface area contributed by atoms with Gasteiger partial charge in [-0.1, -0.05) is 63.2 Å². The van der Waals surface area contributed by atoms with Crippen LogP contribution in [0.15, 0.2) is 54.6 Å². The van der Waals surface area contributed by atoms with Gasteiger partial charge in [0.1, 0.15) is 0 Å². The maximum atomic E-state index is 13.4. The van der Waals surface area contributed by atoms with Crippen molar-refractivity contribution in [3.8, 4) is 0 Å². The summed E-state index contributed by atoms with van der Waals surface area (Å²) < 4.78 is 0. The van der Waals surface area contributed by atoms with Gasteiger partial charge in [-0.3, -0.25) is 14.6 Å². The maximum Gasteiger partial charge on any atom is 0.331 e. The molecule has 0 saturated carbocycles. The van der Waals surface area contributed by atoms with Crippen LogP contribution in [0, 0.1) is 5.41 Å². The van der Waals surface area contributed by atoms with Crippen LogP contribution < -0.4 is 4.90 Å². The Labute approximate surface area is 160 Å². The van der Waals surface area contributed by atoms with Crippen molar-refractivity contribution >= 4 is 17.6 Å². The molecule has 27 heavy (non-hydrogen) atoms. The van der Waals surface area contributed by atoms with E-state index in [0.717, 1.165) is 18.5 Å². The topological polar surface area (TPSA) is 40.6 Å². The zero-order valence-electron chi connectivity index (χ0n) is 16.2. The minimum atomic E-state index is -0.393. The molecule has 4 nitrogen and oxygen atoms in total. The largest absolute Gasteiger partial charge is 0.331 e. The van der Waals surface area contributed by atoms with E-state index in [-0.39, 0.29) is 17.4 Å². The lowest BCUT2D eigenvalue weighted by molar-refractivity contribution is -0.129. The molecular weight excluding hydrogens is 336 g/mol. The number of imide groups is 1. The number of rotatable bonds is 2. The van der Waals surface area contributed by atoms with E-state index in [4.69, 9.17) is 0 Å². The first-order valence-corrected chi connectivity index (χ1v) is 9.56. The first-order chi connectivity index (χ1) is 12.8. The fourth-order valence-corrected chi connectivity index (χ4v) is 4.41. The van der Waals surface area contributed by atoms with Gasteiger partial charge in [-0.05, 0) is 41.5 Å². The molecule has 4 rings (SSSR count). The highest BCUT2D eigenvalue weighted by Gasteiger charge is 2.54. The van der Waals surface area contributed by atoms with Crippen LogP contribution in [-0.2, 0) is 17.6 Å². The molecule has 1 spiro atoms. The molecule has 1 saturated heterocycles. The van der Waals surface area contributed by atoms with Crippen molar-refractivity contribution in [2.24, 2.45) is 5.41 Å². The predicted octanol–water partition coefficient (Wildman–Crippen LogP) is 4.43. The standard InChI is InChI=1S/C23H26N2O2/c1-22(2,3)15-20(26)24-16-23(13-17-9-7-8-10-18(17)14-23)25(21(24)27)19-11-5-4-6-12-19/h4-12H,13-16H2,1-3H3. The minimum Gasteiger partial charge on any atom is -0.285 e. The molecule has 2 aliphatic rings. The van der Waals surface area contributed by atoms with Gasteiger partial charge in [0.2, 0.25) is 5.91 Å². The molecule has 0 radical (unpaired) electrons. The molecule has 1 aliphatic carbocycles. The Hall–Kier alpha value is -2.62. The molecule has 0 unspecified atom stereocenters. The maximum absolute atomic E-state index is 13.4. The Bertz CT molecular complexity index is 858. The molecule has 1 heterocycles. The van der Waals surface area contributed by atoms with E-state index < -0.39 is 5.54 Å². The number of hydrogen-bond donors (Lipinski definition) is 0. The van der Waals surface area contributed by atoms with Crippen LogP contribution in [-0.4, -0.2) is 28.9 Å². The monoisotopic (exact) mass is 362 g/mol. The highest BCUT2D eigenvalue weighted by atomic mass is 16.2. The van der Waals surface area contributed by atoms with E-state index in [1.54, 1.807) is 0 Å². The first-order valence-electron chi connectivity index (χ1n) is 9.56. The second kappa shape index (κ2) is 6.22. The summed E-state index contributed by atoms with van der Waals surface area (Å²) in [6, 6.07) is 17.9. The molecule has 140 valence electrons.